The van der Waals surface area contributed by atoms with Gasteiger partial charge in [-0.25, -0.2) is 4.79 Å². The predicted molar refractivity (Wildman–Crippen MR) is 84.0 cm³/mol. The summed E-state index contributed by atoms with van der Waals surface area (Å²) in [7, 11) is 1.42. The SMILES string of the molecule is COC(=O)c1ccccc1CSCc1cccc(C)c1. The molecule has 2 aromatic rings. The topological polar surface area (TPSA) is 26.3 Å². The Hall–Kier alpha value is -1.74. The number of benzene rings is 2. The number of esters is 1. The summed E-state index contributed by atoms with van der Waals surface area (Å²) >= 11 is 1.80. The van der Waals surface area contributed by atoms with Crippen LogP contribution in [0.15, 0.2) is 48.5 Å². The van der Waals surface area contributed by atoms with Crippen LogP contribution in [0.25, 0.3) is 0 Å². The van der Waals surface area contributed by atoms with E-state index in [9.17, 15) is 4.79 Å². The molecule has 0 spiro atoms. The first-order valence-electron chi connectivity index (χ1n) is 6.50. The normalized spacial score (nSPS) is 10.3. The molecule has 0 aliphatic heterocycles. The molecular weight excluding hydrogens is 268 g/mol. The zero-order valence-electron chi connectivity index (χ0n) is 11.8. The van der Waals surface area contributed by atoms with Crippen LogP contribution in [0.5, 0.6) is 0 Å². The van der Waals surface area contributed by atoms with Gasteiger partial charge in [-0.05, 0) is 24.1 Å². The number of aryl methyl sites for hydroxylation is 1. The second-order valence-corrected chi connectivity index (χ2v) is 5.62. The van der Waals surface area contributed by atoms with Crippen LogP contribution in [0.1, 0.15) is 27.0 Å². The maximum Gasteiger partial charge on any atom is 0.338 e. The van der Waals surface area contributed by atoms with Crippen molar-refractivity contribution >= 4 is 17.7 Å². The minimum Gasteiger partial charge on any atom is -0.465 e. The van der Waals surface area contributed by atoms with Crippen LogP contribution in [0, 0.1) is 6.92 Å². The zero-order chi connectivity index (χ0) is 14.4. The maximum absolute atomic E-state index is 11.7. The third-order valence-corrected chi connectivity index (χ3v) is 4.08. The number of hydrogen-bond donors (Lipinski definition) is 0. The van der Waals surface area contributed by atoms with Crippen LogP contribution in [-0.2, 0) is 16.2 Å². The van der Waals surface area contributed by atoms with E-state index in [0.29, 0.717) is 5.56 Å². The molecule has 0 heterocycles. The van der Waals surface area contributed by atoms with Crippen molar-refractivity contribution in [1.29, 1.82) is 0 Å². The number of carbonyl (C=O) groups excluding carboxylic acids is 1. The molecule has 104 valence electrons. The number of carbonyl (C=O) groups is 1. The maximum atomic E-state index is 11.7. The second kappa shape index (κ2) is 7.15. The standard InChI is InChI=1S/C17H18O2S/c1-13-6-5-7-14(10-13)11-20-12-15-8-3-4-9-16(15)17(18)19-2/h3-10H,11-12H2,1-2H3. The Balaban J connectivity index is 1.99. The van der Waals surface area contributed by atoms with Crippen molar-refractivity contribution in [1.82, 2.24) is 0 Å². The average molecular weight is 286 g/mol. The van der Waals surface area contributed by atoms with Gasteiger partial charge in [-0.2, -0.15) is 11.8 Å². The Morgan fingerprint density at radius 1 is 1.10 bits per heavy atom. The van der Waals surface area contributed by atoms with Crippen LogP contribution in [0.4, 0.5) is 0 Å². The van der Waals surface area contributed by atoms with Gasteiger partial charge in [0, 0.05) is 11.5 Å². The number of methoxy groups -OCH3 is 1. The van der Waals surface area contributed by atoms with E-state index in [0.717, 1.165) is 17.1 Å². The Labute approximate surface area is 124 Å². The Kier molecular flexibility index (Phi) is 5.24. The molecule has 0 saturated heterocycles. The van der Waals surface area contributed by atoms with E-state index >= 15 is 0 Å². The molecule has 0 bridgehead atoms. The van der Waals surface area contributed by atoms with E-state index in [4.69, 9.17) is 4.74 Å². The van der Waals surface area contributed by atoms with Gasteiger partial charge in [-0.3, -0.25) is 0 Å². The molecule has 0 aromatic heterocycles. The summed E-state index contributed by atoms with van der Waals surface area (Å²) < 4.78 is 4.81. The summed E-state index contributed by atoms with van der Waals surface area (Å²) in [5, 5.41) is 0. The van der Waals surface area contributed by atoms with E-state index in [1.807, 2.05) is 24.3 Å². The first-order valence-corrected chi connectivity index (χ1v) is 7.65. The summed E-state index contributed by atoms with van der Waals surface area (Å²) in [6.07, 6.45) is 0. The molecule has 0 unspecified atom stereocenters. The summed E-state index contributed by atoms with van der Waals surface area (Å²) in [6.45, 7) is 2.10. The molecule has 0 aliphatic carbocycles. The molecule has 2 nitrogen and oxygen atoms in total. The molecule has 0 radical (unpaired) electrons. The molecule has 0 amide bonds. The van der Waals surface area contributed by atoms with Gasteiger partial charge in [-0.15, -0.1) is 0 Å². The van der Waals surface area contributed by atoms with Gasteiger partial charge in [-0.1, -0.05) is 48.0 Å². The van der Waals surface area contributed by atoms with Gasteiger partial charge < -0.3 is 4.74 Å². The van der Waals surface area contributed by atoms with Gasteiger partial charge >= 0.3 is 5.97 Å². The molecular formula is C17H18O2S. The lowest BCUT2D eigenvalue weighted by atomic mass is 10.1. The molecule has 0 saturated carbocycles. The minimum absolute atomic E-state index is 0.267. The smallest absolute Gasteiger partial charge is 0.338 e. The highest BCUT2D eigenvalue weighted by molar-refractivity contribution is 7.97. The van der Waals surface area contributed by atoms with Crippen LogP contribution in [0.3, 0.4) is 0 Å². The lowest BCUT2D eigenvalue weighted by Gasteiger charge is -2.08. The van der Waals surface area contributed by atoms with Crippen molar-refractivity contribution in [3.05, 3.63) is 70.8 Å². The van der Waals surface area contributed by atoms with Crippen molar-refractivity contribution in [2.45, 2.75) is 18.4 Å². The van der Waals surface area contributed by atoms with Gasteiger partial charge in [0.25, 0.3) is 0 Å². The molecule has 2 rings (SSSR count). The number of rotatable bonds is 5. The van der Waals surface area contributed by atoms with E-state index in [1.54, 1.807) is 11.8 Å². The summed E-state index contributed by atoms with van der Waals surface area (Å²) in [5.41, 5.74) is 4.27. The fraction of sp³-hybridized carbons (Fsp3) is 0.235. The number of hydrogen-bond acceptors (Lipinski definition) is 3. The third kappa shape index (κ3) is 3.87. The monoisotopic (exact) mass is 286 g/mol. The van der Waals surface area contributed by atoms with Crippen molar-refractivity contribution in [2.75, 3.05) is 7.11 Å². The van der Waals surface area contributed by atoms with Crippen molar-refractivity contribution < 1.29 is 9.53 Å². The van der Waals surface area contributed by atoms with Gasteiger partial charge in [0.05, 0.1) is 12.7 Å². The van der Waals surface area contributed by atoms with Gasteiger partial charge in [0.2, 0.25) is 0 Å². The summed E-state index contributed by atoms with van der Waals surface area (Å²) in [4.78, 5) is 11.7. The Morgan fingerprint density at radius 3 is 2.65 bits per heavy atom. The van der Waals surface area contributed by atoms with Crippen LogP contribution >= 0.6 is 11.8 Å². The van der Waals surface area contributed by atoms with Gasteiger partial charge in [0.15, 0.2) is 0 Å². The molecule has 0 aliphatic rings. The van der Waals surface area contributed by atoms with Crippen LogP contribution < -0.4 is 0 Å². The van der Waals surface area contributed by atoms with E-state index < -0.39 is 0 Å². The molecule has 0 N–H and O–H groups in total. The zero-order valence-corrected chi connectivity index (χ0v) is 12.6. The van der Waals surface area contributed by atoms with Crippen LogP contribution in [-0.4, -0.2) is 13.1 Å². The number of ether oxygens (including phenoxy) is 1. The van der Waals surface area contributed by atoms with E-state index in [2.05, 4.69) is 31.2 Å². The van der Waals surface area contributed by atoms with E-state index in [1.165, 1.54) is 18.2 Å². The highest BCUT2D eigenvalue weighted by Crippen LogP contribution is 2.21. The fourth-order valence-electron chi connectivity index (χ4n) is 2.04. The van der Waals surface area contributed by atoms with Crippen LogP contribution in [0.2, 0.25) is 0 Å². The molecule has 0 atom stereocenters. The second-order valence-electron chi connectivity index (χ2n) is 4.63. The molecule has 0 fully saturated rings. The van der Waals surface area contributed by atoms with Crippen molar-refractivity contribution in [3.63, 3.8) is 0 Å². The molecule has 3 heteroatoms. The Morgan fingerprint density at radius 2 is 1.90 bits per heavy atom. The highest BCUT2D eigenvalue weighted by atomic mass is 32.2. The van der Waals surface area contributed by atoms with Gasteiger partial charge in [0.1, 0.15) is 0 Å². The Bertz CT molecular complexity index is 593. The summed E-state index contributed by atoms with van der Waals surface area (Å²) in [6, 6.07) is 16.1. The van der Waals surface area contributed by atoms with E-state index in [-0.39, 0.29) is 5.97 Å². The first kappa shape index (κ1) is 14.7. The minimum atomic E-state index is -0.267. The lowest BCUT2D eigenvalue weighted by Crippen LogP contribution is -2.04. The predicted octanol–water partition coefficient (Wildman–Crippen LogP) is 4.22. The summed E-state index contributed by atoms with van der Waals surface area (Å²) in [5.74, 6) is 1.48. The largest absolute Gasteiger partial charge is 0.465 e. The fourth-order valence-corrected chi connectivity index (χ4v) is 3.02. The van der Waals surface area contributed by atoms with Crippen molar-refractivity contribution in [2.24, 2.45) is 0 Å². The molecule has 2 aromatic carbocycles. The quantitative estimate of drug-likeness (QED) is 0.770. The average Bonchev–Trinajstić information content (AvgIpc) is 2.47. The highest BCUT2D eigenvalue weighted by Gasteiger charge is 2.10. The first-order chi connectivity index (χ1) is 9.70. The number of thioether (sulfide) groups is 1. The lowest BCUT2D eigenvalue weighted by molar-refractivity contribution is 0.0600. The third-order valence-electron chi connectivity index (χ3n) is 3.03. The molecule has 20 heavy (non-hydrogen) atoms. The van der Waals surface area contributed by atoms with Crippen molar-refractivity contribution in [3.8, 4) is 0 Å².